The van der Waals surface area contributed by atoms with Crippen LogP contribution < -0.4 is 5.32 Å². The summed E-state index contributed by atoms with van der Waals surface area (Å²) in [5.41, 5.74) is 1.62. The number of nitrogens with zero attached hydrogens (tertiary/aromatic N) is 3. The second-order valence-corrected chi connectivity index (χ2v) is 5.94. The van der Waals surface area contributed by atoms with Crippen molar-refractivity contribution < 1.29 is 14.3 Å². The monoisotopic (exact) mass is 360 g/mol. The highest BCUT2D eigenvalue weighted by molar-refractivity contribution is 6.14. The molecule has 0 radical (unpaired) electrons. The van der Waals surface area contributed by atoms with Crippen LogP contribution in [0.4, 0.5) is 5.95 Å². The fraction of sp³-hybridized carbons (Fsp3) is 0.100. The molecule has 0 amide bonds. The molecule has 4 rings (SSSR count). The van der Waals surface area contributed by atoms with Gasteiger partial charge < -0.3 is 10.1 Å². The summed E-state index contributed by atoms with van der Waals surface area (Å²) in [6, 6.07) is 17.6. The van der Waals surface area contributed by atoms with Gasteiger partial charge in [-0.3, -0.25) is 4.79 Å². The molecule has 0 fully saturated rings. The first-order chi connectivity index (χ1) is 13.2. The number of carbonyl (C=O) groups is 2. The fourth-order valence-corrected chi connectivity index (χ4v) is 3.16. The van der Waals surface area contributed by atoms with E-state index in [0.717, 1.165) is 5.56 Å². The number of aromatic nitrogens is 3. The number of allylic oxidation sites excluding steroid dienone is 1. The number of ketones is 1. The van der Waals surface area contributed by atoms with Crippen LogP contribution in [0.1, 0.15) is 22.0 Å². The van der Waals surface area contributed by atoms with Crippen molar-refractivity contribution in [3.8, 4) is 0 Å². The molecule has 1 aliphatic heterocycles. The van der Waals surface area contributed by atoms with Gasteiger partial charge in [0.25, 0.3) is 0 Å². The molecule has 0 aliphatic carbocycles. The molecule has 3 aromatic rings. The van der Waals surface area contributed by atoms with Crippen molar-refractivity contribution in [3.63, 3.8) is 0 Å². The minimum absolute atomic E-state index is 0.0701. The molecule has 0 saturated heterocycles. The Bertz CT molecular complexity index is 1030. The zero-order valence-electron chi connectivity index (χ0n) is 14.5. The summed E-state index contributed by atoms with van der Waals surface area (Å²) in [5.74, 6) is -0.545. The maximum Gasteiger partial charge on any atom is 0.355 e. The third kappa shape index (κ3) is 2.89. The number of nitrogens with one attached hydrogen (secondary N) is 1. The van der Waals surface area contributed by atoms with E-state index in [1.807, 2.05) is 36.4 Å². The van der Waals surface area contributed by atoms with Crippen LogP contribution in [-0.4, -0.2) is 33.6 Å². The fourth-order valence-electron chi connectivity index (χ4n) is 3.16. The molecule has 134 valence electrons. The van der Waals surface area contributed by atoms with E-state index >= 15 is 0 Å². The number of hydrogen-bond acceptors (Lipinski definition) is 6. The molecule has 1 N–H and O–H groups in total. The van der Waals surface area contributed by atoms with Crippen LogP contribution in [0.3, 0.4) is 0 Å². The van der Waals surface area contributed by atoms with E-state index in [2.05, 4.69) is 15.4 Å². The summed E-state index contributed by atoms with van der Waals surface area (Å²) in [7, 11) is 1.28. The number of benzene rings is 2. The van der Waals surface area contributed by atoms with Crippen LogP contribution in [0.15, 0.2) is 78.3 Å². The van der Waals surface area contributed by atoms with E-state index in [4.69, 9.17) is 4.74 Å². The van der Waals surface area contributed by atoms with Gasteiger partial charge in [-0.15, -0.1) is 0 Å². The lowest BCUT2D eigenvalue weighted by Crippen LogP contribution is -2.32. The second-order valence-electron chi connectivity index (χ2n) is 5.94. The summed E-state index contributed by atoms with van der Waals surface area (Å²) in [4.78, 5) is 30.0. The standard InChI is InChI=1S/C20H16N4O3/c1-27-19(26)16-15(18(25)14-10-6-3-7-11-14)17(13-8-4-2-5-9-13)24-20(23-16)21-12-22-24/h2-12,17H,1H3,(H,21,22,23)/t17-/m0/s1. The average molecular weight is 360 g/mol. The summed E-state index contributed by atoms with van der Waals surface area (Å²) in [6.45, 7) is 0. The third-order valence-corrected chi connectivity index (χ3v) is 4.38. The van der Waals surface area contributed by atoms with Gasteiger partial charge in [0.05, 0.1) is 12.7 Å². The Morgan fingerprint density at radius 3 is 2.37 bits per heavy atom. The number of hydrogen-bond donors (Lipinski definition) is 1. The molecule has 2 heterocycles. The SMILES string of the molecule is COC(=O)C1=C(C(=O)c2ccccc2)[C@H](c2ccccc2)n2ncnc2N1. The van der Waals surface area contributed by atoms with Gasteiger partial charge in [-0.25, -0.2) is 9.48 Å². The number of anilines is 1. The highest BCUT2D eigenvalue weighted by Crippen LogP contribution is 2.36. The minimum atomic E-state index is -0.635. The van der Waals surface area contributed by atoms with Crippen LogP contribution >= 0.6 is 0 Å². The lowest BCUT2D eigenvalue weighted by molar-refractivity contribution is -0.136. The number of Topliss-reactive ketones (excluding diaryl/α,β-unsaturated/α-hetero) is 1. The number of carbonyl (C=O) groups excluding carboxylic acids is 2. The summed E-state index contributed by atoms with van der Waals surface area (Å²) >= 11 is 0. The van der Waals surface area contributed by atoms with E-state index in [0.29, 0.717) is 11.5 Å². The van der Waals surface area contributed by atoms with Gasteiger partial charge in [-0.2, -0.15) is 10.1 Å². The third-order valence-electron chi connectivity index (χ3n) is 4.38. The van der Waals surface area contributed by atoms with Crippen molar-refractivity contribution in [2.75, 3.05) is 12.4 Å². The smallest absolute Gasteiger partial charge is 0.355 e. The van der Waals surface area contributed by atoms with Gasteiger partial charge >= 0.3 is 5.97 Å². The molecule has 1 aliphatic rings. The predicted molar refractivity (Wildman–Crippen MR) is 98.0 cm³/mol. The van der Waals surface area contributed by atoms with Gasteiger partial charge in [-0.1, -0.05) is 60.7 Å². The van der Waals surface area contributed by atoms with Gasteiger partial charge in [0.15, 0.2) is 5.78 Å². The molecule has 1 aromatic heterocycles. The zero-order valence-corrected chi connectivity index (χ0v) is 14.5. The number of ether oxygens (including phenoxy) is 1. The van der Waals surface area contributed by atoms with Gasteiger partial charge in [0.1, 0.15) is 18.1 Å². The maximum atomic E-state index is 13.4. The van der Waals surface area contributed by atoms with Crippen molar-refractivity contribution >= 4 is 17.7 Å². The first-order valence-electron chi connectivity index (χ1n) is 8.34. The second kappa shape index (κ2) is 6.87. The van der Waals surface area contributed by atoms with Crippen LogP contribution in [0.5, 0.6) is 0 Å². The van der Waals surface area contributed by atoms with Crippen LogP contribution in [0, 0.1) is 0 Å². The van der Waals surface area contributed by atoms with Gasteiger partial charge in [-0.05, 0) is 5.56 Å². The summed E-state index contributed by atoms with van der Waals surface area (Å²) < 4.78 is 6.51. The van der Waals surface area contributed by atoms with E-state index in [9.17, 15) is 9.59 Å². The maximum absolute atomic E-state index is 13.4. The Morgan fingerprint density at radius 1 is 1.04 bits per heavy atom. The van der Waals surface area contributed by atoms with Crippen molar-refractivity contribution in [2.45, 2.75) is 6.04 Å². The minimum Gasteiger partial charge on any atom is -0.464 e. The van der Waals surface area contributed by atoms with Gasteiger partial charge in [0, 0.05) is 5.56 Å². The van der Waals surface area contributed by atoms with E-state index < -0.39 is 12.0 Å². The molecule has 0 bridgehead atoms. The molecule has 0 spiro atoms. The van der Waals surface area contributed by atoms with E-state index in [1.165, 1.54) is 13.4 Å². The Kier molecular flexibility index (Phi) is 4.25. The largest absolute Gasteiger partial charge is 0.464 e. The Hall–Kier alpha value is -3.74. The number of esters is 1. The van der Waals surface area contributed by atoms with Crippen molar-refractivity contribution in [1.29, 1.82) is 0 Å². The van der Waals surface area contributed by atoms with E-state index in [-0.39, 0.29) is 17.1 Å². The van der Waals surface area contributed by atoms with Crippen LogP contribution in [0.2, 0.25) is 0 Å². The van der Waals surface area contributed by atoms with Crippen molar-refractivity contribution in [2.24, 2.45) is 0 Å². The first kappa shape index (κ1) is 16.7. The lowest BCUT2D eigenvalue weighted by atomic mass is 9.89. The predicted octanol–water partition coefficient (Wildman–Crippen LogP) is 2.60. The van der Waals surface area contributed by atoms with Crippen molar-refractivity contribution in [1.82, 2.24) is 14.8 Å². The molecular weight excluding hydrogens is 344 g/mol. The highest BCUT2D eigenvalue weighted by Gasteiger charge is 2.37. The highest BCUT2D eigenvalue weighted by atomic mass is 16.5. The lowest BCUT2D eigenvalue weighted by Gasteiger charge is -2.28. The van der Waals surface area contributed by atoms with Gasteiger partial charge in [0.2, 0.25) is 5.95 Å². The zero-order chi connectivity index (χ0) is 18.8. The van der Waals surface area contributed by atoms with Crippen LogP contribution in [-0.2, 0) is 9.53 Å². The Morgan fingerprint density at radius 2 is 1.70 bits per heavy atom. The molecule has 1 atom stereocenters. The molecule has 0 unspecified atom stereocenters. The molecule has 2 aromatic carbocycles. The number of methoxy groups -OCH3 is 1. The summed E-state index contributed by atoms with van der Waals surface area (Å²) in [5, 5.41) is 7.17. The molecular formula is C20H16N4O3. The topological polar surface area (TPSA) is 86.1 Å². The first-order valence-corrected chi connectivity index (χ1v) is 8.34. The quantitative estimate of drug-likeness (QED) is 0.569. The molecule has 27 heavy (non-hydrogen) atoms. The number of fused-ring (bicyclic) bond motifs is 1. The molecule has 0 saturated carbocycles. The Labute approximate surface area is 155 Å². The summed E-state index contributed by atoms with van der Waals surface area (Å²) in [6.07, 6.45) is 1.38. The van der Waals surface area contributed by atoms with Crippen LogP contribution in [0.25, 0.3) is 0 Å². The average Bonchev–Trinajstić information content (AvgIpc) is 3.21. The molecule has 7 heteroatoms. The molecule has 7 nitrogen and oxygen atoms in total. The van der Waals surface area contributed by atoms with Crippen molar-refractivity contribution in [3.05, 3.63) is 89.4 Å². The normalized spacial score (nSPS) is 15.7. The number of rotatable bonds is 4. The van der Waals surface area contributed by atoms with E-state index in [1.54, 1.807) is 28.9 Å². The Balaban J connectivity index is 1.96.